The monoisotopic (exact) mass is 902 g/mol. The van der Waals surface area contributed by atoms with Crippen LogP contribution in [0, 0.1) is 0 Å². The number of aliphatic hydroxyl groups excluding tert-OH is 2. The van der Waals surface area contributed by atoms with E-state index in [1.54, 1.807) is 6.08 Å². The van der Waals surface area contributed by atoms with E-state index in [0.717, 1.165) is 70.6 Å². The molecule has 0 aromatic heterocycles. The smallest absolute Gasteiger partial charge is 0.305 e. The van der Waals surface area contributed by atoms with Gasteiger partial charge in [-0.25, -0.2) is 0 Å². The van der Waals surface area contributed by atoms with Crippen molar-refractivity contribution in [3.63, 3.8) is 0 Å². The second-order valence-corrected chi connectivity index (χ2v) is 19.6. The number of nitrogens with one attached hydrogen (secondary N) is 1. The molecule has 3 N–H and O–H groups in total. The van der Waals surface area contributed by atoms with Gasteiger partial charge in [-0.05, 0) is 51.4 Å². The molecular weight excluding hydrogens is 791 g/mol. The van der Waals surface area contributed by atoms with Crippen molar-refractivity contribution in [2.24, 2.45) is 0 Å². The average Bonchev–Trinajstić information content (AvgIpc) is 3.29. The van der Waals surface area contributed by atoms with E-state index in [9.17, 15) is 19.8 Å². The van der Waals surface area contributed by atoms with E-state index in [2.05, 4.69) is 31.3 Å². The van der Waals surface area contributed by atoms with E-state index >= 15 is 0 Å². The van der Waals surface area contributed by atoms with Crippen molar-refractivity contribution >= 4 is 11.9 Å². The van der Waals surface area contributed by atoms with Crippen LogP contribution in [-0.2, 0) is 14.3 Å². The van der Waals surface area contributed by atoms with E-state index in [-0.39, 0.29) is 18.5 Å². The highest BCUT2D eigenvalue weighted by atomic mass is 16.5. The van der Waals surface area contributed by atoms with Crippen LogP contribution >= 0.6 is 0 Å². The fourth-order valence-electron chi connectivity index (χ4n) is 8.81. The summed E-state index contributed by atoms with van der Waals surface area (Å²) in [6.45, 7) is 4.84. The molecule has 1 amide bonds. The van der Waals surface area contributed by atoms with Gasteiger partial charge in [-0.15, -0.1) is 0 Å². The Hall–Kier alpha value is -1.66. The van der Waals surface area contributed by atoms with Gasteiger partial charge in [-0.1, -0.05) is 269 Å². The van der Waals surface area contributed by atoms with Gasteiger partial charge >= 0.3 is 5.97 Å². The van der Waals surface area contributed by atoms with Gasteiger partial charge in [0.25, 0.3) is 0 Å². The summed E-state index contributed by atoms with van der Waals surface area (Å²) in [4.78, 5) is 24.5. The minimum atomic E-state index is -0.875. The number of aliphatic hydroxyl groups is 2. The first-order valence-corrected chi connectivity index (χ1v) is 28.6. The van der Waals surface area contributed by atoms with Crippen LogP contribution in [0.5, 0.6) is 0 Å². The van der Waals surface area contributed by atoms with Crippen molar-refractivity contribution in [3.8, 4) is 0 Å². The molecule has 0 spiro atoms. The van der Waals surface area contributed by atoms with Crippen LogP contribution in [0.3, 0.4) is 0 Å². The van der Waals surface area contributed by atoms with Crippen molar-refractivity contribution in [2.45, 2.75) is 321 Å². The Balaban J connectivity index is 3.54. The Morgan fingerprint density at radius 3 is 1.14 bits per heavy atom. The lowest BCUT2D eigenvalue weighted by Crippen LogP contribution is -2.45. The Morgan fingerprint density at radius 2 is 0.750 bits per heavy atom. The van der Waals surface area contributed by atoms with Crippen molar-refractivity contribution < 1.29 is 24.5 Å². The molecule has 0 aliphatic carbocycles. The number of esters is 1. The minimum Gasteiger partial charge on any atom is -0.466 e. The molecule has 0 aliphatic rings. The molecule has 0 saturated carbocycles. The number of carbonyl (C=O) groups excluding carboxylic acids is 2. The second-order valence-electron chi connectivity index (χ2n) is 19.6. The third kappa shape index (κ3) is 49.8. The van der Waals surface area contributed by atoms with Gasteiger partial charge in [0.05, 0.1) is 25.4 Å². The van der Waals surface area contributed by atoms with Crippen molar-refractivity contribution in [1.29, 1.82) is 0 Å². The minimum absolute atomic E-state index is 0.0335. The van der Waals surface area contributed by atoms with Crippen LogP contribution in [0.15, 0.2) is 24.3 Å². The Morgan fingerprint density at radius 1 is 0.422 bits per heavy atom. The van der Waals surface area contributed by atoms with Crippen LogP contribution in [-0.4, -0.2) is 47.4 Å². The summed E-state index contributed by atoms with van der Waals surface area (Å²) in [5, 5.41) is 23.1. The second kappa shape index (κ2) is 54.0. The molecule has 0 saturated heterocycles. The molecule has 378 valence electrons. The lowest BCUT2D eigenvalue weighted by Gasteiger charge is -2.19. The van der Waals surface area contributed by atoms with Gasteiger partial charge in [0.15, 0.2) is 0 Å². The molecule has 0 radical (unpaired) electrons. The first-order valence-electron chi connectivity index (χ1n) is 28.6. The number of hydrogen-bond acceptors (Lipinski definition) is 5. The van der Waals surface area contributed by atoms with E-state index in [0.29, 0.717) is 19.4 Å². The summed E-state index contributed by atoms with van der Waals surface area (Å²) in [6.07, 6.45) is 64.9. The lowest BCUT2D eigenvalue weighted by atomic mass is 10.0. The maximum atomic E-state index is 12.4. The average molecular weight is 903 g/mol. The summed E-state index contributed by atoms with van der Waals surface area (Å²) in [7, 11) is 0. The predicted octanol–water partition coefficient (Wildman–Crippen LogP) is 17.5. The van der Waals surface area contributed by atoms with Crippen molar-refractivity contribution in [1.82, 2.24) is 5.32 Å². The Kier molecular flexibility index (Phi) is 52.6. The number of hydrogen-bond donors (Lipinski definition) is 3. The maximum absolute atomic E-state index is 12.4. The fourth-order valence-corrected chi connectivity index (χ4v) is 8.81. The highest BCUT2D eigenvalue weighted by molar-refractivity contribution is 5.76. The molecule has 0 aromatic rings. The SMILES string of the molecule is CCCCCCCCCCCCCCCCCCCCC/C=C/C(O)C(CO)NC(=O)CCC/C=C\CCCCCCOC(=O)CCCCCCCCCCCCCCCCCCC. The third-order valence-electron chi connectivity index (χ3n) is 13.2. The molecular formula is C58H111NO5. The molecule has 0 rings (SSSR count). The highest BCUT2D eigenvalue weighted by Crippen LogP contribution is 2.17. The summed E-state index contributed by atoms with van der Waals surface area (Å²) in [5.41, 5.74) is 0. The van der Waals surface area contributed by atoms with Gasteiger partial charge in [-0.2, -0.15) is 0 Å². The van der Waals surface area contributed by atoms with Gasteiger partial charge in [0.1, 0.15) is 0 Å². The standard InChI is InChI=1S/C58H111NO5/c1-3-5-7-9-11-13-15-17-19-21-22-23-24-26-27-29-31-34-38-42-46-50-56(61)55(54-60)59-57(62)51-47-43-39-35-33-37-41-45-49-53-64-58(63)52-48-44-40-36-32-30-28-25-20-18-16-14-12-10-8-6-4-2/h35,39,46,50,55-56,60-61H,3-34,36-38,40-45,47-49,51-54H2,1-2H3,(H,59,62)/b39-35-,50-46+. The van der Waals surface area contributed by atoms with E-state index in [1.807, 2.05) is 6.08 Å². The summed E-state index contributed by atoms with van der Waals surface area (Å²) in [5.74, 6) is -0.159. The van der Waals surface area contributed by atoms with Gasteiger partial charge in [0, 0.05) is 12.8 Å². The van der Waals surface area contributed by atoms with E-state index in [1.165, 1.54) is 212 Å². The molecule has 6 heteroatoms. The van der Waals surface area contributed by atoms with Crippen molar-refractivity contribution in [2.75, 3.05) is 13.2 Å². The number of amides is 1. The van der Waals surface area contributed by atoms with Gasteiger partial charge in [0.2, 0.25) is 5.91 Å². The first-order chi connectivity index (χ1) is 31.5. The number of ether oxygens (including phenoxy) is 1. The quantitative estimate of drug-likeness (QED) is 0.0321. The molecule has 2 unspecified atom stereocenters. The summed E-state index contributed by atoms with van der Waals surface area (Å²) in [6, 6.07) is -0.665. The first kappa shape index (κ1) is 62.3. The van der Waals surface area contributed by atoms with Crippen molar-refractivity contribution in [3.05, 3.63) is 24.3 Å². The Bertz CT molecular complexity index is 997. The highest BCUT2D eigenvalue weighted by Gasteiger charge is 2.18. The molecule has 0 aliphatic heterocycles. The molecule has 2 atom stereocenters. The van der Waals surface area contributed by atoms with E-state index < -0.39 is 12.1 Å². The van der Waals surface area contributed by atoms with Crippen LogP contribution in [0.25, 0.3) is 0 Å². The normalized spacial score (nSPS) is 12.8. The summed E-state index contributed by atoms with van der Waals surface area (Å²) >= 11 is 0. The zero-order valence-corrected chi connectivity index (χ0v) is 43.0. The number of rotatable bonds is 53. The zero-order chi connectivity index (χ0) is 46.5. The number of unbranched alkanes of at least 4 members (excludes halogenated alkanes) is 40. The molecule has 0 aromatic carbocycles. The molecule has 64 heavy (non-hydrogen) atoms. The predicted molar refractivity (Wildman–Crippen MR) is 278 cm³/mol. The number of allylic oxidation sites excluding steroid dienone is 3. The van der Waals surface area contributed by atoms with Gasteiger partial charge in [-0.3, -0.25) is 9.59 Å². The molecule has 0 bridgehead atoms. The van der Waals surface area contributed by atoms with Gasteiger partial charge < -0.3 is 20.3 Å². The topological polar surface area (TPSA) is 95.9 Å². The van der Waals surface area contributed by atoms with Crippen LogP contribution in [0.4, 0.5) is 0 Å². The lowest BCUT2D eigenvalue weighted by molar-refractivity contribution is -0.143. The zero-order valence-electron chi connectivity index (χ0n) is 43.0. The van der Waals surface area contributed by atoms with E-state index in [4.69, 9.17) is 4.74 Å². The van der Waals surface area contributed by atoms with Crippen LogP contribution in [0.2, 0.25) is 0 Å². The molecule has 0 fully saturated rings. The maximum Gasteiger partial charge on any atom is 0.305 e. The van der Waals surface area contributed by atoms with Crippen LogP contribution in [0.1, 0.15) is 309 Å². The number of carbonyl (C=O) groups is 2. The fraction of sp³-hybridized carbons (Fsp3) is 0.897. The molecule has 6 nitrogen and oxygen atoms in total. The Labute approximate surface area is 399 Å². The summed E-state index contributed by atoms with van der Waals surface area (Å²) < 4.78 is 5.45. The molecule has 0 heterocycles. The third-order valence-corrected chi connectivity index (χ3v) is 13.2. The largest absolute Gasteiger partial charge is 0.466 e. The van der Waals surface area contributed by atoms with Crippen LogP contribution < -0.4 is 5.32 Å².